The largest absolute Gasteiger partial charge is 0.323 e. The van der Waals surface area contributed by atoms with Crippen LogP contribution in [0, 0.1) is 10.1 Å². The second-order valence-electron chi connectivity index (χ2n) is 8.46. The minimum Gasteiger partial charge on any atom is -0.323 e. The molecule has 1 saturated heterocycles. The van der Waals surface area contributed by atoms with Crippen LogP contribution in [0.3, 0.4) is 0 Å². The number of para-hydroxylation sites is 2. The number of non-ortho nitro benzene ring substituents is 1. The van der Waals surface area contributed by atoms with Crippen molar-refractivity contribution in [2.75, 3.05) is 13.1 Å². The number of nitrogens with zero attached hydrogens (tertiary/aromatic N) is 4. The van der Waals surface area contributed by atoms with E-state index in [0.717, 1.165) is 16.9 Å². The number of aromatic nitrogens is 2. The molecule has 1 aliphatic rings. The normalized spacial score (nSPS) is 15.5. The van der Waals surface area contributed by atoms with Crippen molar-refractivity contribution >= 4 is 26.7 Å². The monoisotopic (exact) mass is 476 g/mol. The van der Waals surface area contributed by atoms with Gasteiger partial charge in [-0.15, -0.1) is 0 Å². The van der Waals surface area contributed by atoms with Gasteiger partial charge in [0.05, 0.1) is 20.9 Å². The molecule has 0 saturated carbocycles. The number of fused-ring (bicyclic) bond motifs is 1. The van der Waals surface area contributed by atoms with E-state index in [1.807, 2.05) is 36.4 Å². The maximum atomic E-state index is 13.1. The molecule has 0 atom stereocenters. The van der Waals surface area contributed by atoms with Gasteiger partial charge in [0, 0.05) is 37.7 Å². The van der Waals surface area contributed by atoms with Crippen LogP contribution in [0.4, 0.5) is 5.69 Å². The summed E-state index contributed by atoms with van der Waals surface area (Å²) in [6, 6.07) is 23.4. The molecule has 34 heavy (non-hydrogen) atoms. The molecule has 5 rings (SSSR count). The van der Waals surface area contributed by atoms with Gasteiger partial charge >= 0.3 is 0 Å². The number of nitro benzene ring substituents is 1. The summed E-state index contributed by atoms with van der Waals surface area (Å²) in [6.07, 6.45) is 1.31. The predicted molar refractivity (Wildman–Crippen MR) is 129 cm³/mol. The first-order valence-electron chi connectivity index (χ1n) is 11.2. The van der Waals surface area contributed by atoms with E-state index < -0.39 is 14.9 Å². The lowest BCUT2D eigenvalue weighted by Gasteiger charge is -2.31. The molecule has 0 spiro atoms. The van der Waals surface area contributed by atoms with Crippen LogP contribution < -0.4 is 0 Å². The smallest absolute Gasteiger partial charge is 0.269 e. The predicted octanol–water partition coefficient (Wildman–Crippen LogP) is 4.56. The standard InChI is InChI=1S/C25H24N4O4S/c30-29(31)21-10-12-22(13-11-21)34(32,33)27-16-14-20(15-17-27)25-26-23-8-4-5-9-24(23)28(25)18-19-6-2-1-3-7-19/h1-13,20H,14-18H2. The van der Waals surface area contributed by atoms with Gasteiger partial charge < -0.3 is 4.57 Å². The maximum absolute atomic E-state index is 13.1. The Morgan fingerprint density at radius 1 is 0.912 bits per heavy atom. The molecule has 1 aromatic heterocycles. The van der Waals surface area contributed by atoms with Gasteiger partial charge in [-0.25, -0.2) is 13.4 Å². The Bertz CT molecular complexity index is 1430. The molecular formula is C25H24N4O4S. The Balaban J connectivity index is 1.38. The molecule has 1 fully saturated rings. The number of nitro groups is 1. The van der Waals surface area contributed by atoms with E-state index in [4.69, 9.17) is 4.98 Å². The minimum atomic E-state index is -3.71. The molecule has 1 aliphatic heterocycles. The second-order valence-corrected chi connectivity index (χ2v) is 10.4. The van der Waals surface area contributed by atoms with Crippen LogP contribution in [0.15, 0.2) is 83.8 Å². The highest BCUT2D eigenvalue weighted by molar-refractivity contribution is 7.89. The van der Waals surface area contributed by atoms with Gasteiger partial charge in [0.2, 0.25) is 10.0 Å². The molecule has 4 aromatic rings. The van der Waals surface area contributed by atoms with Gasteiger partial charge in [0.1, 0.15) is 5.82 Å². The quantitative estimate of drug-likeness (QED) is 0.300. The lowest BCUT2D eigenvalue weighted by molar-refractivity contribution is -0.384. The molecule has 174 valence electrons. The van der Waals surface area contributed by atoms with Crippen molar-refractivity contribution in [3.63, 3.8) is 0 Å². The molecular weight excluding hydrogens is 452 g/mol. The first kappa shape index (κ1) is 22.2. The number of benzene rings is 3. The van der Waals surface area contributed by atoms with Crippen molar-refractivity contribution in [2.24, 2.45) is 0 Å². The zero-order valence-corrected chi connectivity index (χ0v) is 19.3. The summed E-state index contributed by atoms with van der Waals surface area (Å²) in [7, 11) is -3.71. The summed E-state index contributed by atoms with van der Waals surface area (Å²) in [5.41, 5.74) is 3.07. The highest BCUT2D eigenvalue weighted by Crippen LogP contribution is 2.33. The molecule has 2 heterocycles. The van der Waals surface area contributed by atoms with Gasteiger partial charge in [-0.1, -0.05) is 42.5 Å². The number of piperidine rings is 1. The SMILES string of the molecule is O=[N+]([O-])c1ccc(S(=O)(=O)N2CCC(c3nc4ccccc4n3Cc3ccccc3)CC2)cc1. The van der Waals surface area contributed by atoms with Gasteiger partial charge in [0.25, 0.3) is 5.69 Å². The van der Waals surface area contributed by atoms with Crippen molar-refractivity contribution in [3.05, 3.63) is 100 Å². The summed E-state index contributed by atoms with van der Waals surface area (Å²) in [5, 5.41) is 10.9. The summed E-state index contributed by atoms with van der Waals surface area (Å²) in [6.45, 7) is 1.45. The second kappa shape index (κ2) is 9.00. The molecule has 0 radical (unpaired) electrons. The highest BCUT2D eigenvalue weighted by Gasteiger charge is 2.32. The van der Waals surface area contributed by atoms with Crippen molar-refractivity contribution in [2.45, 2.75) is 30.2 Å². The highest BCUT2D eigenvalue weighted by atomic mass is 32.2. The van der Waals surface area contributed by atoms with E-state index in [1.54, 1.807) is 0 Å². The molecule has 0 unspecified atom stereocenters. The average molecular weight is 477 g/mol. The van der Waals surface area contributed by atoms with E-state index in [2.05, 4.69) is 22.8 Å². The Hall–Kier alpha value is -3.56. The Morgan fingerprint density at radius 2 is 1.56 bits per heavy atom. The van der Waals surface area contributed by atoms with E-state index in [9.17, 15) is 18.5 Å². The number of sulfonamides is 1. The topological polar surface area (TPSA) is 98.3 Å². The van der Waals surface area contributed by atoms with E-state index >= 15 is 0 Å². The fourth-order valence-electron chi connectivity index (χ4n) is 4.58. The third-order valence-corrected chi connectivity index (χ3v) is 8.28. The third kappa shape index (κ3) is 4.20. The Kier molecular flexibility index (Phi) is 5.89. The number of rotatable bonds is 6. The van der Waals surface area contributed by atoms with E-state index in [-0.39, 0.29) is 16.5 Å². The molecule has 0 N–H and O–H groups in total. The molecule has 0 aliphatic carbocycles. The zero-order valence-electron chi connectivity index (χ0n) is 18.4. The van der Waals surface area contributed by atoms with Gasteiger partial charge in [-0.2, -0.15) is 4.31 Å². The van der Waals surface area contributed by atoms with E-state index in [1.165, 1.54) is 34.1 Å². The molecule has 3 aromatic carbocycles. The molecule has 0 bridgehead atoms. The van der Waals surface area contributed by atoms with Crippen LogP contribution in [0.25, 0.3) is 11.0 Å². The summed E-state index contributed by atoms with van der Waals surface area (Å²) in [4.78, 5) is 15.4. The third-order valence-electron chi connectivity index (χ3n) is 6.37. The summed E-state index contributed by atoms with van der Waals surface area (Å²) >= 11 is 0. The lowest BCUT2D eigenvalue weighted by Crippen LogP contribution is -2.38. The first-order valence-corrected chi connectivity index (χ1v) is 12.6. The van der Waals surface area contributed by atoms with E-state index in [0.29, 0.717) is 32.5 Å². The fourth-order valence-corrected chi connectivity index (χ4v) is 6.05. The van der Waals surface area contributed by atoms with Crippen molar-refractivity contribution in [1.82, 2.24) is 13.9 Å². The number of hydrogen-bond donors (Lipinski definition) is 0. The van der Waals surface area contributed by atoms with Gasteiger partial charge in [0.15, 0.2) is 0 Å². The summed E-state index contributed by atoms with van der Waals surface area (Å²) < 4.78 is 29.9. The average Bonchev–Trinajstić information content (AvgIpc) is 3.23. The van der Waals surface area contributed by atoms with Gasteiger partial charge in [-0.05, 0) is 42.7 Å². The Morgan fingerprint density at radius 3 is 2.24 bits per heavy atom. The minimum absolute atomic E-state index is 0.0767. The zero-order chi connectivity index (χ0) is 23.7. The maximum Gasteiger partial charge on any atom is 0.269 e. The van der Waals surface area contributed by atoms with Crippen molar-refractivity contribution in [1.29, 1.82) is 0 Å². The molecule has 8 nitrogen and oxygen atoms in total. The van der Waals surface area contributed by atoms with Crippen LogP contribution in [0.5, 0.6) is 0 Å². The fraction of sp³-hybridized carbons (Fsp3) is 0.240. The number of hydrogen-bond acceptors (Lipinski definition) is 5. The van der Waals surface area contributed by atoms with Crippen LogP contribution in [0.2, 0.25) is 0 Å². The molecule has 0 amide bonds. The van der Waals surface area contributed by atoms with Crippen LogP contribution in [-0.2, 0) is 16.6 Å². The van der Waals surface area contributed by atoms with Crippen molar-refractivity contribution < 1.29 is 13.3 Å². The van der Waals surface area contributed by atoms with Gasteiger partial charge in [-0.3, -0.25) is 10.1 Å². The van der Waals surface area contributed by atoms with Crippen LogP contribution in [0.1, 0.15) is 30.1 Å². The van der Waals surface area contributed by atoms with Crippen LogP contribution >= 0.6 is 0 Å². The summed E-state index contributed by atoms with van der Waals surface area (Å²) in [5.74, 6) is 1.12. The van der Waals surface area contributed by atoms with Crippen molar-refractivity contribution in [3.8, 4) is 0 Å². The number of imidazole rings is 1. The van der Waals surface area contributed by atoms with Crippen LogP contribution in [-0.4, -0.2) is 40.3 Å². The first-order chi connectivity index (χ1) is 16.4. The lowest BCUT2D eigenvalue weighted by atomic mass is 9.97. The molecule has 9 heteroatoms. The Labute approximate surface area is 197 Å².